The van der Waals surface area contributed by atoms with Gasteiger partial charge >= 0.3 is 5.97 Å². The Morgan fingerprint density at radius 3 is 2.50 bits per heavy atom. The van der Waals surface area contributed by atoms with Crippen LogP contribution in [0.25, 0.3) is 0 Å². The quantitative estimate of drug-likeness (QED) is 0.739. The highest BCUT2D eigenvalue weighted by molar-refractivity contribution is 6.35. The van der Waals surface area contributed by atoms with Crippen LogP contribution in [0.1, 0.15) is 13.8 Å². The topological polar surface area (TPSA) is 65.1 Å². The van der Waals surface area contributed by atoms with Gasteiger partial charge in [0.05, 0.1) is 17.2 Å². The highest BCUT2D eigenvalue weighted by Crippen LogP contribution is 2.27. The van der Waals surface area contributed by atoms with Crippen LogP contribution in [0.4, 0.5) is 0 Å². The molecule has 0 spiro atoms. The van der Waals surface area contributed by atoms with E-state index in [0.29, 0.717) is 28.9 Å². The summed E-state index contributed by atoms with van der Waals surface area (Å²) in [5.74, 6) is -0.584. The zero-order valence-electron chi connectivity index (χ0n) is 13.5. The summed E-state index contributed by atoms with van der Waals surface area (Å²) in [7, 11) is 0. The molecule has 1 heterocycles. The molecule has 1 fully saturated rings. The van der Waals surface area contributed by atoms with E-state index in [0.717, 1.165) is 0 Å². The smallest absolute Gasteiger partial charge is 0.344 e. The molecule has 2 rings (SSSR count). The van der Waals surface area contributed by atoms with Crippen molar-refractivity contribution in [3.05, 3.63) is 28.2 Å². The Bertz CT molecular complexity index is 600. The first-order chi connectivity index (χ1) is 11.3. The number of ether oxygens (including phenoxy) is 3. The van der Waals surface area contributed by atoms with Gasteiger partial charge in [-0.3, -0.25) is 4.79 Å². The SMILES string of the molecule is CC1CN(C(=O)COC(=O)COc2ccc(Cl)cc2Cl)CC(C)O1. The molecule has 1 aromatic carbocycles. The standard InChI is InChI=1S/C16H19Cl2NO5/c1-10-6-19(7-11(2)24-10)15(20)8-23-16(21)9-22-14-4-3-12(17)5-13(14)18/h3-5,10-11H,6-9H2,1-2H3. The number of carbonyl (C=O) groups excluding carboxylic acids is 2. The van der Waals surface area contributed by atoms with Gasteiger partial charge in [-0.25, -0.2) is 4.79 Å². The van der Waals surface area contributed by atoms with E-state index in [-0.39, 0.29) is 31.3 Å². The number of esters is 1. The van der Waals surface area contributed by atoms with Crippen molar-refractivity contribution in [2.45, 2.75) is 26.1 Å². The fourth-order valence-corrected chi connectivity index (χ4v) is 2.85. The highest BCUT2D eigenvalue weighted by atomic mass is 35.5. The van der Waals surface area contributed by atoms with Gasteiger partial charge in [0.2, 0.25) is 0 Å². The predicted octanol–water partition coefficient (Wildman–Crippen LogP) is 2.55. The molecule has 6 nitrogen and oxygen atoms in total. The lowest BCUT2D eigenvalue weighted by Gasteiger charge is -2.35. The molecule has 1 aliphatic heterocycles. The van der Waals surface area contributed by atoms with Crippen LogP contribution in [-0.2, 0) is 19.1 Å². The third-order valence-corrected chi connectivity index (χ3v) is 3.90. The third kappa shape index (κ3) is 5.54. The highest BCUT2D eigenvalue weighted by Gasteiger charge is 2.26. The maximum atomic E-state index is 12.1. The van der Waals surface area contributed by atoms with Gasteiger partial charge in [0.15, 0.2) is 13.2 Å². The summed E-state index contributed by atoms with van der Waals surface area (Å²) in [5, 5.41) is 0.761. The van der Waals surface area contributed by atoms with Gasteiger partial charge in [0.25, 0.3) is 5.91 Å². The molecule has 0 saturated carbocycles. The molecule has 0 aromatic heterocycles. The van der Waals surface area contributed by atoms with Crippen molar-refractivity contribution in [3.63, 3.8) is 0 Å². The van der Waals surface area contributed by atoms with Crippen LogP contribution < -0.4 is 4.74 Å². The van der Waals surface area contributed by atoms with Crippen molar-refractivity contribution in [1.29, 1.82) is 0 Å². The summed E-state index contributed by atoms with van der Waals surface area (Å²) in [6.07, 6.45) is -0.0763. The van der Waals surface area contributed by atoms with Crippen molar-refractivity contribution in [2.75, 3.05) is 26.3 Å². The van der Waals surface area contributed by atoms with Crippen molar-refractivity contribution < 1.29 is 23.8 Å². The second kappa shape index (κ2) is 8.55. The molecule has 1 aliphatic rings. The van der Waals surface area contributed by atoms with E-state index in [2.05, 4.69) is 0 Å². The molecule has 1 amide bonds. The average molecular weight is 376 g/mol. The molecule has 0 N–H and O–H groups in total. The van der Waals surface area contributed by atoms with E-state index in [4.69, 9.17) is 37.4 Å². The van der Waals surface area contributed by atoms with Crippen LogP contribution in [0.3, 0.4) is 0 Å². The molecular weight excluding hydrogens is 357 g/mol. The summed E-state index contributed by atoms with van der Waals surface area (Å²) >= 11 is 11.7. The monoisotopic (exact) mass is 375 g/mol. The maximum absolute atomic E-state index is 12.1. The molecule has 2 unspecified atom stereocenters. The Labute approximate surface area is 150 Å². The minimum Gasteiger partial charge on any atom is -0.480 e. The molecule has 2 atom stereocenters. The Morgan fingerprint density at radius 2 is 1.88 bits per heavy atom. The van der Waals surface area contributed by atoms with E-state index < -0.39 is 5.97 Å². The fourth-order valence-electron chi connectivity index (χ4n) is 2.39. The molecular formula is C16H19Cl2NO5. The summed E-state index contributed by atoms with van der Waals surface area (Å²) in [4.78, 5) is 25.4. The zero-order valence-corrected chi connectivity index (χ0v) is 15.0. The van der Waals surface area contributed by atoms with Crippen LogP contribution >= 0.6 is 23.2 Å². The first kappa shape index (κ1) is 18.8. The van der Waals surface area contributed by atoms with Crippen molar-refractivity contribution in [1.82, 2.24) is 4.90 Å². The van der Waals surface area contributed by atoms with E-state index >= 15 is 0 Å². The minimum atomic E-state index is -0.649. The molecule has 132 valence electrons. The summed E-state index contributed by atoms with van der Waals surface area (Å²) in [6.45, 7) is 4.09. The van der Waals surface area contributed by atoms with Crippen LogP contribution in [0, 0.1) is 0 Å². The van der Waals surface area contributed by atoms with Crippen molar-refractivity contribution >= 4 is 35.1 Å². The number of amides is 1. The molecule has 0 aliphatic carbocycles. The molecule has 1 aromatic rings. The number of carbonyl (C=O) groups is 2. The van der Waals surface area contributed by atoms with Crippen LogP contribution in [0.2, 0.25) is 10.0 Å². The van der Waals surface area contributed by atoms with Crippen LogP contribution in [-0.4, -0.2) is 55.3 Å². The first-order valence-electron chi connectivity index (χ1n) is 7.52. The largest absolute Gasteiger partial charge is 0.480 e. The number of rotatable bonds is 5. The Morgan fingerprint density at radius 1 is 1.21 bits per heavy atom. The minimum absolute atomic E-state index is 0.0382. The van der Waals surface area contributed by atoms with Gasteiger partial charge in [-0.05, 0) is 32.0 Å². The number of hydrogen-bond acceptors (Lipinski definition) is 5. The summed E-state index contributed by atoms with van der Waals surface area (Å²) < 4.78 is 15.8. The molecule has 0 bridgehead atoms. The van der Waals surface area contributed by atoms with Crippen LogP contribution in [0.5, 0.6) is 5.75 Å². The van der Waals surface area contributed by atoms with Gasteiger partial charge in [0, 0.05) is 18.1 Å². The summed E-state index contributed by atoms with van der Waals surface area (Å²) in [5.41, 5.74) is 0. The van der Waals surface area contributed by atoms with Gasteiger partial charge in [-0.1, -0.05) is 23.2 Å². The normalized spacial score (nSPS) is 20.6. The predicted molar refractivity (Wildman–Crippen MR) is 89.5 cm³/mol. The number of hydrogen-bond donors (Lipinski definition) is 0. The summed E-state index contributed by atoms with van der Waals surface area (Å²) in [6, 6.07) is 4.66. The second-order valence-electron chi connectivity index (χ2n) is 5.58. The first-order valence-corrected chi connectivity index (χ1v) is 8.27. The van der Waals surface area contributed by atoms with Crippen molar-refractivity contribution in [3.8, 4) is 5.75 Å². The number of halogens is 2. The molecule has 8 heteroatoms. The average Bonchev–Trinajstić information content (AvgIpc) is 2.50. The maximum Gasteiger partial charge on any atom is 0.344 e. The van der Waals surface area contributed by atoms with Crippen molar-refractivity contribution in [2.24, 2.45) is 0 Å². The van der Waals surface area contributed by atoms with E-state index in [1.54, 1.807) is 17.0 Å². The van der Waals surface area contributed by atoms with Gasteiger partial charge in [0.1, 0.15) is 5.75 Å². The third-order valence-electron chi connectivity index (χ3n) is 3.37. The number of nitrogens with zero attached hydrogens (tertiary/aromatic N) is 1. The Kier molecular flexibility index (Phi) is 6.71. The number of morpholine rings is 1. The van der Waals surface area contributed by atoms with Gasteiger partial charge in [-0.15, -0.1) is 0 Å². The second-order valence-corrected chi connectivity index (χ2v) is 6.42. The van der Waals surface area contributed by atoms with Crippen LogP contribution in [0.15, 0.2) is 18.2 Å². The molecule has 0 radical (unpaired) electrons. The van der Waals surface area contributed by atoms with Gasteiger partial charge in [-0.2, -0.15) is 0 Å². The van der Waals surface area contributed by atoms with Gasteiger partial charge < -0.3 is 19.1 Å². The Balaban J connectivity index is 1.75. The fraction of sp³-hybridized carbons (Fsp3) is 0.500. The van der Waals surface area contributed by atoms with E-state index in [1.165, 1.54) is 6.07 Å². The van der Waals surface area contributed by atoms with E-state index in [1.807, 2.05) is 13.8 Å². The lowest BCUT2D eigenvalue weighted by molar-refractivity contribution is -0.158. The Hall–Kier alpha value is -1.50. The lowest BCUT2D eigenvalue weighted by atomic mass is 10.2. The molecule has 1 saturated heterocycles. The zero-order chi connectivity index (χ0) is 17.7. The number of benzene rings is 1. The lowest BCUT2D eigenvalue weighted by Crippen LogP contribution is -2.49. The molecule has 24 heavy (non-hydrogen) atoms. The van der Waals surface area contributed by atoms with E-state index in [9.17, 15) is 9.59 Å².